The van der Waals surface area contributed by atoms with Crippen molar-refractivity contribution in [1.29, 1.82) is 0 Å². The maximum Gasteiger partial charge on any atom is 0.307 e. The zero-order chi connectivity index (χ0) is 13.8. The van der Waals surface area contributed by atoms with E-state index in [0.29, 0.717) is 18.5 Å². The number of aromatic nitrogens is 1. The standard InChI is InChI=1S/C14H16N2O3/c1-9-6-10(8-15-7-9)16-13(17)11-4-2-3-5-12(11)14(18)19/h2-3,6-8,11-12H,4-5H2,1H3,(H,16,17)(H,18,19). The summed E-state index contributed by atoms with van der Waals surface area (Å²) >= 11 is 0. The molecule has 1 amide bonds. The molecule has 2 unspecified atom stereocenters. The first-order valence-electron chi connectivity index (χ1n) is 6.18. The number of hydrogen-bond donors (Lipinski definition) is 2. The highest BCUT2D eigenvalue weighted by Gasteiger charge is 2.33. The maximum absolute atomic E-state index is 12.2. The molecule has 0 aliphatic heterocycles. The van der Waals surface area contributed by atoms with E-state index >= 15 is 0 Å². The Kier molecular flexibility index (Phi) is 3.94. The molecule has 100 valence electrons. The topological polar surface area (TPSA) is 79.3 Å². The van der Waals surface area contributed by atoms with Crippen molar-refractivity contribution >= 4 is 17.6 Å². The number of nitrogens with zero attached hydrogens (tertiary/aromatic N) is 1. The molecule has 0 bridgehead atoms. The van der Waals surface area contributed by atoms with Crippen LogP contribution >= 0.6 is 0 Å². The molecule has 0 saturated carbocycles. The van der Waals surface area contributed by atoms with Gasteiger partial charge >= 0.3 is 5.97 Å². The number of pyridine rings is 1. The molecule has 1 heterocycles. The molecule has 5 nitrogen and oxygen atoms in total. The molecule has 2 rings (SSSR count). The first-order chi connectivity index (χ1) is 9.08. The average molecular weight is 260 g/mol. The van der Waals surface area contributed by atoms with Gasteiger partial charge in [0.25, 0.3) is 0 Å². The van der Waals surface area contributed by atoms with Crippen LogP contribution in [0.4, 0.5) is 5.69 Å². The lowest BCUT2D eigenvalue weighted by atomic mass is 9.82. The first-order valence-corrected chi connectivity index (χ1v) is 6.18. The number of amides is 1. The van der Waals surface area contributed by atoms with Gasteiger partial charge in [-0.1, -0.05) is 12.2 Å². The van der Waals surface area contributed by atoms with Crippen LogP contribution < -0.4 is 5.32 Å². The normalized spacial score (nSPS) is 21.9. The van der Waals surface area contributed by atoms with Gasteiger partial charge in [-0.3, -0.25) is 14.6 Å². The lowest BCUT2D eigenvalue weighted by molar-refractivity contribution is -0.146. The van der Waals surface area contributed by atoms with E-state index in [-0.39, 0.29) is 5.91 Å². The summed E-state index contributed by atoms with van der Waals surface area (Å²) in [5.41, 5.74) is 1.54. The number of hydrogen-bond acceptors (Lipinski definition) is 3. The van der Waals surface area contributed by atoms with E-state index in [0.717, 1.165) is 5.56 Å². The second-order valence-electron chi connectivity index (χ2n) is 4.73. The van der Waals surface area contributed by atoms with Crippen molar-refractivity contribution in [3.8, 4) is 0 Å². The van der Waals surface area contributed by atoms with E-state index in [1.165, 1.54) is 0 Å². The number of allylic oxidation sites excluding steroid dienone is 2. The van der Waals surface area contributed by atoms with Gasteiger partial charge in [0.05, 0.1) is 23.7 Å². The Balaban J connectivity index is 2.10. The van der Waals surface area contributed by atoms with Gasteiger partial charge in [0, 0.05) is 6.20 Å². The minimum absolute atomic E-state index is 0.260. The Morgan fingerprint density at radius 1 is 1.26 bits per heavy atom. The molecular formula is C14H16N2O3. The van der Waals surface area contributed by atoms with Gasteiger partial charge in [-0.05, 0) is 31.4 Å². The van der Waals surface area contributed by atoms with Crippen LogP contribution in [0.1, 0.15) is 18.4 Å². The summed E-state index contributed by atoms with van der Waals surface area (Å²) < 4.78 is 0. The number of rotatable bonds is 3. The molecule has 1 aliphatic carbocycles. The van der Waals surface area contributed by atoms with Crippen molar-refractivity contribution in [3.05, 3.63) is 36.2 Å². The molecule has 0 saturated heterocycles. The second-order valence-corrected chi connectivity index (χ2v) is 4.73. The maximum atomic E-state index is 12.2. The van der Waals surface area contributed by atoms with Crippen LogP contribution in [-0.4, -0.2) is 22.0 Å². The summed E-state index contributed by atoms with van der Waals surface area (Å²) in [5.74, 6) is -2.36. The monoisotopic (exact) mass is 260 g/mol. The van der Waals surface area contributed by atoms with Crippen LogP contribution in [0.25, 0.3) is 0 Å². The smallest absolute Gasteiger partial charge is 0.307 e. The van der Waals surface area contributed by atoms with Crippen LogP contribution in [0.5, 0.6) is 0 Å². The highest BCUT2D eigenvalue weighted by atomic mass is 16.4. The molecule has 0 spiro atoms. The Hall–Kier alpha value is -2.17. The zero-order valence-corrected chi connectivity index (χ0v) is 10.7. The summed E-state index contributed by atoms with van der Waals surface area (Å²) in [6, 6.07) is 1.80. The third-order valence-corrected chi connectivity index (χ3v) is 3.23. The van der Waals surface area contributed by atoms with Crippen LogP contribution in [0.2, 0.25) is 0 Å². The molecule has 0 fully saturated rings. The Labute approximate surface area is 111 Å². The molecule has 2 N–H and O–H groups in total. The Bertz CT molecular complexity index is 525. The lowest BCUT2D eigenvalue weighted by Gasteiger charge is -2.24. The Morgan fingerprint density at radius 2 is 1.95 bits per heavy atom. The largest absolute Gasteiger partial charge is 0.481 e. The van der Waals surface area contributed by atoms with Crippen LogP contribution in [-0.2, 0) is 9.59 Å². The highest BCUT2D eigenvalue weighted by Crippen LogP contribution is 2.27. The van der Waals surface area contributed by atoms with Crippen molar-refractivity contribution in [1.82, 2.24) is 4.98 Å². The average Bonchev–Trinajstić information content (AvgIpc) is 2.38. The zero-order valence-electron chi connectivity index (χ0n) is 10.7. The van der Waals surface area contributed by atoms with Gasteiger partial charge in [0.15, 0.2) is 0 Å². The quantitative estimate of drug-likeness (QED) is 0.815. The van der Waals surface area contributed by atoms with E-state index in [9.17, 15) is 9.59 Å². The van der Waals surface area contributed by atoms with Crippen LogP contribution in [0.3, 0.4) is 0 Å². The molecule has 1 aromatic rings. The minimum atomic E-state index is -0.924. The number of anilines is 1. The number of nitrogens with one attached hydrogen (secondary N) is 1. The molecule has 0 aromatic carbocycles. The molecule has 1 aliphatic rings. The van der Waals surface area contributed by atoms with E-state index in [2.05, 4.69) is 10.3 Å². The summed E-state index contributed by atoms with van der Waals surface area (Å²) in [4.78, 5) is 27.3. The summed E-state index contributed by atoms with van der Waals surface area (Å²) in [6.07, 6.45) is 7.79. The molecular weight excluding hydrogens is 244 g/mol. The van der Waals surface area contributed by atoms with Crippen molar-refractivity contribution in [2.45, 2.75) is 19.8 Å². The van der Waals surface area contributed by atoms with Gasteiger partial charge < -0.3 is 10.4 Å². The van der Waals surface area contributed by atoms with E-state index in [1.54, 1.807) is 18.5 Å². The summed E-state index contributed by atoms with van der Waals surface area (Å²) in [5, 5.41) is 11.9. The summed E-state index contributed by atoms with van der Waals surface area (Å²) in [7, 11) is 0. The third kappa shape index (κ3) is 3.19. The molecule has 2 atom stereocenters. The van der Waals surface area contributed by atoms with E-state index in [4.69, 9.17) is 5.11 Å². The Morgan fingerprint density at radius 3 is 2.58 bits per heavy atom. The molecule has 5 heteroatoms. The molecule has 1 aromatic heterocycles. The SMILES string of the molecule is Cc1cncc(NC(=O)C2CC=CCC2C(=O)O)c1. The third-order valence-electron chi connectivity index (χ3n) is 3.23. The fourth-order valence-electron chi connectivity index (χ4n) is 2.24. The minimum Gasteiger partial charge on any atom is -0.481 e. The number of aryl methyl sites for hydroxylation is 1. The van der Waals surface area contributed by atoms with Crippen molar-refractivity contribution in [2.24, 2.45) is 11.8 Å². The predicted molar refractivity (Wildman–Crippen MR) is 70.6 cm³/mol. The van der Waals surface area contributed by atoms with Gasteiger partial charge in [0.1, 0.15) is 0 Å². The highest BCUT2D eigenvalue weighted by molar-refractivity contribution is 5.95. The van der Waals surface area contributed by atoms with Crippen LogP contribution in [0.15, 0.2) is 30.6 Å². The van der Waals surface area contributed by atoms with Gasteiger partial charge in [-0.25, -0.2) is 0 Å². The second kappa shape index (κ2) is 5.65. The fraction of sp³-hybridized carbons (Fsp3) is 0.357. The predicted octanol–water partition coefficient (Wildman–Crippen LogP) is 2.00. The van der Waals surface area contributed by atoms with Gasteiger partial charge in [-0.2, -0.15) is 0 Å². The summed E-state index contributed by atoms with van der Waals surface area (Å²) in [6.45, 7) is 1.88. The number of carbonyl (C=O) groups is 2. The first kappa shape index (κ1) is 13.3. The number of carbonyl (C=O) groups excluding carboxylic acids is 1. The van der Waals surface area contributed by atoms with Gasteiger partial charge in [-0.15, -0.1) is 0 Å². The molecule has 19 heavy (non-hydrogen) atoms. The fourth-order valence-corrected chi connectivity index (χ4v) is 2.24. The van der Waals surface area contributed by atoms with Crippen molar-refractivity contribution < 1.29 is 14.7 Å². The van der Waals surface area contributed by atoms with E-state index in [1.807, 2.05) is 19.1 Å². The van der Waals surface area contributed by atoms with E-state index < -0.39 is 17.8 Å². The van der Waals surface area contributed by atoms with Crippen molar-refractivity contribution in [2.75, 3.05) is 5.32 Å². The number of carboxylic acids is 1. The molecule has 0 radical (unpaired) electrons. The lowest BCUT2D eigenvalue weighted by Crippen LogP contribution is -2.34. The van der Waals surface area contributed by atoms with Crippen LogP contribution in [0, 0.1) is 18.8 Å². The van der Waals surface area contributed by atoms with Gasteiger partial charge in [0.2, 0.25) is 5.91 Å². The number of carboxylic acid groups (broad SMARTS) is 1. The number of aliphatic carboxylic acids is 1. The van der Waals surface area contributed by atoms with Crippen molar-refractivity contribution in [3.63, 3.8) is 0 Å².